The Morgan fingerprint density at radius 1 is 1.21 bits per heavy atom. The molecule has 0 saturated carbocycles. The molecule has 122 valence electrons. The Hall–Kier alpha value is -3.22. The first-order valence-corrected chi connectivity index (χ1v) is 7.55. The number of aromatic hydroxyl groups is 1. The highest BCUT2D eigenvalue weighted by molar-refractivity contribution is 6.01. The van der Waals surface area contributed by atoms with Crippen molar-refractivity contribution in [2.75, 3.05) is 0 Å². The standard InChI is InChI=1S/C17H17N5O2/c1-12(13-6-2-5-9-16(13)23)18-20-17(24)10-11-22-15-8-4-3-7-14(15)19-21-22/h2-9,23H,10-11H2,1H3,(H,20,24)/b18-12+. The summed E-state index contributed by atoms with van der Waals surface area (Å²) >= 11 is 0. The second-order valence-corrected chi connectivity index (χ2v) is 5.30. The molecule has 0 aliphatic carbocycles. The molecule has 0 fully saturated rings. The summed E-state index contributed by atoms with van der Waals surface area (Å²) in [6.07, 6.45) is 0.227. The van der Waals surface area contributed by atoms with Gasteiger partial charge in [0.1, 0.15) is 11.3 Å². The Morgan fingerprint density at radius 2 is 1.96 bits per heavy atom. The van der Waals surface area contributed by atoms with Crippen LogP contribution in [-0.2, 0) is 11.3 Å². The van der Waals surface area contributed by atoms with Crippen molar-refractivity contribution in [1.82, 2.24) is 20.4 Å². The average Bonchev–Trinajstić information content (AvgIpc) is 3.01. The first kappa shape index (κ1) is 15.7. The van der Waals surface area contributed by atoms with Crippen LogP contribution in [0.25, 0.3) is 11.0 Å². The molecule has 3 rings (SSSR count). The van der Waals surface area contributed by atoms with E-state index in [0.717, 1.165) is 11.0 Å². The van der Waals surface area contributed by atoms with Gasteiger partial charge in [-0.15, -0.1) is 5.10 Å². The summed E-state index contributed by atoms with van der Waals surface area (Å²) in [5, 5.41) is 21.9. The molecule has 1 heterocycles. The maximum Gasteiger partial charge on any atom is 0.241 e. The molecule has 0 radical (unpaired) electrons. The average molecular weight is 323 g/mol. The van der Waals surface area contributed by atoms with Gasteiger partial charge in [-0.05, 0) is 31.2 Å². The minimum Gasteiger partial charge on any atom is -0.507 e. The van der Waals surface area contributed by atoms with Gasteiger partial charge in [0.2, 0.25) is 5.91 Å². The van der Waals surface area contributed by atoms with E-state index in [1.807, 2.05) is 24.3 Å². The number of phenolic OH excluding ortho intramolecular Hbond substituents is 1. The number of fused-ring (bicyclic) bond motifs is 1. The molecule has 2 N–H and O–H groups in total. The summed E-state index contributed by atoms with van der Waals surface area (Å²) in [6, 6.07) is 14.4. The maximum atomic E-state index is 12.0. The predicted molar refractivity (Wildman–Crippen MR) is 90.6 cm³/mol. The zero-order valence-electron chi connectivity index (χ0n) is 13.2. The largest absolute Gasteiger partial charge is 0.507 e. The summed E-state index contributed by atoms with van der Waals surface area (Å²) in [5.41, 5.74) is 5.30. The second-order valence-electron chi connectivity index (χ2n) is 5.30. The minimum absolute atomic E-state index is 0.127. The van der Waals surface area contributed by atoms with E-state index in [9.17, 15) is 9.90 Å². The number of benzene rings is 2. The second kappa shape index (κ2) is 6.91. The Kier molecular flexibility index (Phi) is 4.51. The fourth-order valence-corrected chi connectivity index (χ4v) is 2.33. The van der Waals surface area contributed by atoms with Gasteiger partial charge in [0.25, 0.3) is 0 Å². The van der Waals surface area contributed by atoms with Crippen LogP contribution in [0, 0.1) is 0 Å². The van der Waals surface area contributed by atoms with Gasteiger partial charge in [-0.2, -0.15) is 5.10 Å². The number of rotatable bonds is 5. The number of aryl methyl sites for hydroxylation is 1. The van der Waals surface area contributed by atoms with Crippen LogP contribution in [0.2, 0.25) is 0 Å². The van der Waals surface area contributed by atoms with Crippen molar-refractivity contribution in [3.8, 4) is 5.75 Å². The van der Waals surface area contributed by atoms with E-state index < -0.39 is 0 Å². The van der Waals surface area contributed by atoms with Crippen molar-refractivity contribution in [3.05, 3.63) is 54.1 Å². The third-order valence-electron chi connectivity index (χ3n) is 3.61. The monoisotopic (exact) mass is 323 g/mol. The maximum absolute atomic E-state index is 12.0. The Balaban J connectivity index is 1.60. The molecule has 1 amide bonds. The number of phenols is 1. The summed E-state index contributed by atoms with van der Waals surface area (Å²) in [7, 11) is 0. The van der Waals surface area contributed by atoms with Crippen molar-refractivity contribution in [2.24, 2.45) is 5.10 Å². The van der Waals surface area contributed by atoms with Crippen molar-refractivity contribution in [1.29, 1.82) is 0 Å². The number of aromatic nitrogens is 3. The molecule has 0 saturated heterocycles. The molecule has 0 atom stereocenters. The Morgan fingerprint density at radius 3 is 2.79 bits per heavy atom. The van der Waals surface area contributed by atoms with Gasteiger partial charge in [-0.25, -0.2) is 10.1 Å². The van der Waals surface area contributed by atoms with Crippen LogP contribution in [0.1, 0.15) is 18.9 Å². The zero-order chi connectivity index (χ0) is 16.9. The van der Waals surface area contributed by atoms with E-state index in [4.69, 9.17) is 0 Å². The molecule has 7 nitrogen and oxygen atoms in total. The third-order valence-corrected chi connectivity index (χ3v) is 3.61. The molecule has 1 aromatic heterocycles. The quantitative estimate of drug-likeness (QED) is 0.555. The number of hydrogen-bond donors (Lipinski definition) is 2. The van der Waals surface area contributed by atoms with Crippen LogP contribution in [0.3, 0.4) is 0 Å². The predicted octanol–water partition coefficient (Wildman–Crippen LogP) is 2.07. The fraction of sp³-hybridized carbons (Fsp3) is 0.176. The van der Waals surface area contributed by atoms with E-state index in [0.29, 0.717) is 17.8 Å². The number of nitrogens with one attached hydrogen (secondary N) is 1. The molecular weight excluding hydrogens is 306 g/mol. The van der Waals surface area contributed by atoms with Gasteiger partial charge in [0.05, 0.1) is 17.8 Å². The van der Waals surface area contributed by atoms with Crippen LogP contribution in [0.4, 0.5) is 0 Å². The molecule has 3 aromatic rings. The third kappa shape index (κ3) is 3.40. The van der Waals surface area contributed by atoms with Crippen LogP contribution in [-0.4, -0.2) is 31.7 Å². The molecule has 0 aliphatic heterocycles. The topological polar surface area (TPSA) is 92.4 Å². The van der Waals surface area contributed by atoms with Gasteiger partial charge in [0, 0.05) is 12.0 Å². The lowest BCUT2D eigenvalue weighted by atomic mass is 10.1. The fourth-order valence-electron chi connectivity index (χ4n) is 2.33. The molecule has 0 aliphatic rings. The Bertz CT molecular complexity index is 901. The van der Waals surface area contributed by atoms with Gasteiger partial charge in [-0.1, -0.05) is 29.5 Å². The first-order chi connectivity index (χ1) is 11.6. The lowest BCUT2D eigenvalue weighted by molar-refractivity contribution is -0.121. The number of amides is 1. The number of para-hydroxylation sites is 2. The number of carbonyl (C=O) groups is 1. The van der Waals surface area contributed by atoms with Crippen LogP contribution in [0.5, 0.6) is 5.75 Å². The number of hydrazone groups is 1. The molecule has 0 bridgehead atoms. The first-order valence-electron chi connectivity index (χ1n) is 7.55. The van der Waals surface area contributed by atoms with E-state index in [1.54, 1.807) is 35.9 Å². The normalized spacial score (nSPS) is 11.6. The SMILES string of the molecule is C/C(=N\NC(=O)CCn1nnc2ccccc21)c1ccccc1O. The van der Waals surface area contributed by atoms with Crippen molar-refractivity contribution < 1.29 is 9.90 Å². The van der Waals surface area contributed by atoms with E-state index in [2.05, 4.69) is 20.8 Å². The number of carbonyl (C=O) groups excluding carboxylic acids is 1. The van der Waals surface area contributed by atoms with Crippen LogP contribution >= 0.6 is 0 Å². The van der Waals surface area contributed by atoms with E-state index in [1.165, 1.54) is 0 Å². The highest BCUT2D eigenvalue weighted by Gasteiger charge is 2.07. The smallest absolute Gasteiger partial charge is 0.241 e. The van der Waals surface area contributed by atoms with Crippen molar-refractivity contribution in [3.63, 3.8) is 0 Å². The highest BCUT2D eigenvalue weighted by atomic mass is 16.3. The molecule has 0 spiro atoms. The van der Waals surface area contributed by atoms with E-state index in [-0.39, 0.29) is 18.1 Å². The summed E-state index contributed by atoms with van der Waals surface area (Å²) in [4.78, 5) is 12.0. The summed E-state index contributed by atoms with van der Waals surface area (Å²) in [6.45, 7) is 2.14. The lowest BCUT2D eigenvalue weighted by Gasteiger charge is -2.05. The summed E-state index contributed by atoms with van der Waals surface area (Å²) < 4.78 is 1.69. The van der Waals surface area contributed by atoms with Crippen LogP contribution in [0.15, 0.2) is 53.6 Å². The molecule has 24 heavy (non-hydrogen) atoms. The van der Waals surface area contributed by atoms with Crippen molar-refractivity contribution >= 4 is 22.7 Å². The van der Waals surface area contributed by atoms with Crippen molar-refractivity contribution in [2.45, 2.75) is 19.9 Å². The van der Waals surface area contributed by atoms with E-state index >= 15 is 0 Å². The van der Waals surface area contributed by atoms with Gasteiger partial charge < -0.3 is 5.11 Å². The van der Waals surface area contributed by atoms with Gasteiger partial charge in [-0.3, -0.25) is 4.79 Å². The molecule has 2 aromatic carbocycles. The van der Waals surface area contributed by atoms with Gasteiger partial charge in [0.15, 0.2) is 0 Å². The van der Waals surface area contributed by atoms with Crippen LogP contribution < -0.4 is 5.43 Å². The highest BCUT2D eigenvalue weighted by Crippen LogP contribution is 2.16. The lowest BCUT2D eigenvalue weighted by Crippen LogP contribution is -2.21. The number of nitrogens with zero attached hydrogens (tertiary/aromatic N) is 4. The van der Waals surface area contributed by atoms with Gasteiger partial charge >= 0.3 is 0 Å². The molecule has 7 heteroatoms. The summed E-state index contributed by atoms with van der Waals surface area (Å²) in [5.74, 6) is -0.105. The number of hydrogen-bond acceptors (Lipinski definition) is 5. The molecule has 0 unspecified atom stereocenters. The Labute approximate surface area is 138 Å². The zero-order valence-corrected chi connectivity index (χ0v) is 13.2. The molecular formula is C17H17N5O2. The minimum atomic E-state index is -0.232.